The van der Waals surface area contributed by atoms with Gasteiger partial charge in [-0.25, -0.2) is 0 Å². The molecule has 10 aliphatic heterocycles. The molecule has 0 radical (unpaired) electrons. The van der Waals surface area contributed by atoms with Crippen molar-refractivity contribution in [1.29, 1.82) is 0 Å². The van der Waals surface area contributed by atoms with Crippen LogP contribution in [0.4, 0.5) is 11.4 Å². The average Bonchev–Trinajstić information content (AvgIpc) is 4.00. The number of nitrogens with zero attached hydrogens (tertiary/aromatic N) is 5. The van der Waals surface area contributed by atoms with Crippen LogP contribution in [0.15, 0.2) is 108 Å². The van der Waals surface area contributed by atoms with Gasteiger partial charge >= 0.3 is 0 Å². The van der Waals surface area contributed by atoms with Crippen LogP contribution in [0.3, 0.4) is 0 Å². The number of piperazine rings is 2. The Hall–Kier alpha value is -3.91. The van der Waals surface area contributed by atoms with Gasteiger partial charge in [-0.3, -0.25) is 15.6 Å². The quantitative estimate of drug-likeness (QED) is 0.223. The second-order valence-corrected chi connectivity index (χ2v) is 18.9. The minimum atomic E-state index is 0.214. The fourth-order valence-corrected chi connectivity index (χ4v) is 15.4. The molecule has 57 heavy (non-hydrogen) atoms. The molecular weight excluding hydrogens is 705 g/mol. The highest BCUT2D eigenvalue weighted by Crippen LogP contribution is 2.67. The predicted octanol–water partition coefficient (Wildman–Crippen LogP) is 2.66. The Kier molecular flexibility index (Phi) is 7.13. The van der Waals surface area contributed by atoms with Crippen LogP contribution in [0, 0.1) is 0 Å². The number of hydrogen-bond acceptors (Lipinski definition) is 11. The van der Waals surface area contributed by atoms with E-state index < -0.39 is 0 Å². The summed E-state index contributed by atoms with van der Waals surface area (Å²) in [7, 11) is 0. The average molecular weight is 760 g/mol. The van der Waals surface area contributed by atoms with E-state index in [1.807, 2.05) is 6.20 Å². The second-order valence-electron chi connectivity index (χ2n) is 18.9. The molecule has 7 fully saturated rings. The van der Waals surface area contributed by atoms with Crippen molar-refractivity contribution in [2.24, 2.45) is 0 Å². The first kappa shape index (κ1) is 33.0. The normalized spacial score (nSPS) is 42.0. The van der Waals surface area contributed by atoms with Crippen molar-refractivity contribution in [2.45, 2.75) is 110 Å². The van der Waals surface area contributed by atoms with Crippen LogP contribution in [0.2, 0.25) is 17.5 Å². The lowest BCUT2D eigenvalue weighted by atomic mass is 9.19. The van der Waals surface area contributed by atoms with E-state index in [0.29, 0.717) is 78.4 Å². The number of anilines is 2. The number of nitrogens with one attached hydrogen (secondary N) is 6. The third kappa shape index (κ3) is 4.31. The van der Waals surface area contributed by atoms with E-state index in [9.17, 15) is 0 Å². The molecule has 1 aromatic heterocycles. The van der Waals surface area contributed by atoms with Crippen LogP contribution in [-0.2, 0) is 0 Å². The minimum Gasteiger partial charge on any atom is -0.351 e. The van der Waals surface area contributed by atoms with Crippen molar-refractivity contribution in [3.8, 4) is 0 Å². The number of pyridine rings is 1. The standard InChI is InChI=1S/C45H54BN11/c1-3-9-26(10-4-1)54-42-38(50-19-21-52-42)33-36-40-28(14-17-48-36)46-29-15-18-49-37-34-39-43(53-22-20-51-39)55(27-11-5-2-6-12-27)45(34)57(41(29)37)32-24-25(30-13-7-8-16-47-30)23-31(35(32)46)56(40)44(33)54/h1-13,16,25,28-29,31-32,35-43,48-53H,14-15,17-24H2. The summed E-state index contributed by atoms with van der Waals surface area (Å²) in [6, 6.07) is 32.5. The van der Waals surface area contributed by atoms with Gasteiger partial charge in [0, 0.05) is 90.7 Å². The van der Waals surface area contributed by atoms with Gasteiger partial charge in [-0.05, 0) is 92.6 Å². The molecule has 14 rings (SSSR count). The molecule has 0 amide bonds. The molecule has 1 aliphatic carbocycles. The molecule has 0 bridgehead atoms. The zero-order valence-corrected chi connectivity index (χ0v) is 32.6. The van der Waals surface area contributed by atoms with Gasteiger partial charge in [-0.2, -0.15) is 0 Å². The Morgan fingerprint density at radius 1 is 0.526 bits per heavy atom. The van der Waals surface area contributed by atoms with Gasteiger partial charge in [-0.1, -0.05) is 42.5 Å². The first-order valence-electron chi connectivity index (χ1n) is 22.4. The van der Waals surface area contributed by atoms with E-state index in [0.717, 1.165) is 52.1 Å². The maximum Gasteiger partial charge on any atom is 0.159 e. The van der Waals surface area contributed by atoms with E-state index in [2.05, 4.69) is 130 Å². The Labute approximate surface area is 336 Å². The Morgan fingerprint density at radius 3 is 1.53 bits per heavy atom. The largest absolute Gasteiger partial charge is 0.351 e. The highest BCUT2D eigenvalue weighted by atomic mass is 15.5. The molecule has 6 N–H and O–H groups in total. The van der Waals surface area contributed by atoms with E-state index in [-0.39, 0.29) is 12.3 Å². The third-order valence-corrected chi connectivity index (χ3v) is 16.8. The van der Waals surface area contributed by atoms with Crippen molar-refractivity contribution in [3.63, 3.8) is 0 Å². The molecule has 12 unspecified atom stereocenters. The fourth-order valence-electron chi connectivity index (χ4n) is 15.4. The lowest BCUT2D eigenvalue weighted by Gasteiger charge is -2.68. The van der Waals surface area contributed by atoms with Crippen LogP contribution in [0.5, 0.6) is 0 Å². The first-order chi connectivity index (χ1) is 28.3. The summed E-state index contributed by atoms with van der Waals surface area (Å²) in [4.78, 5) is 16.8. The molecule has 12 atom stereocenters. The summed E-state index contributed by atoms with van der Waals surface area (Å²) in [6.07, 6.45) is 7.34. The van der Waals surface area contributed by atoms with Crippen molar-refractivity contribution < 1.29 is 0 Å². The van der Waals surface area contributed by atoms with Crippen molar-refractivity contribution in [2.75, 3.05) is 49.1 Å². The second kappa shape index (κ2) is 12.3. The summed E-state index contributed by atoms with van der Waals surface area (Å²) in [6.45, 7) is 6.92. The van der Waals surface area contributed by atoms with Crippen LogP contribution in [0.25, 0.3) is 0 Å². The molecule has 6 saturated heterocycles. The third-order valence-electron chi connectivity index (χ3n) is 16.8. The Morgan fingerprint density at radius 2 is 1.02 bits per heavy atom. The van der Waals surface area contributed by atoms with Gasteiger partial charge in [-0.15, -0.1) is 0 Å². The number of aromatic nitrogens is 1. The number of fused-ring (bicyclic) bond motifs is 12. The van der Waals surface area contributed by atoms with Gasteiger partial charge < -0.3 is 40.9 Å². The number of hydrogen-bond donors (Lipinski definition) is 6. The lowest BCUT2D eigenvalue weighted by molar-refractivity contribution is 0.0184. The van der Waals surface area contributed by atoms with Gasteiger partial charge in [0.15, 0.2) is 6.71 Å². The van der Waals surface area contributed by atoms with E-state index >= 15 is 0 Å². The van der Waals surface area contributed by atoms with Gasteiger partial charge in [0.25, 0.3) is 0 Å². The molecule has 3 aromatic rings. The first-order valence-corrected chi connectivity index (χ1v) is 22.4. The highest BCUT2D eigenvalue weighted by Gasteiger charge is 2.72. The number of para-hydroxylation sites is 2. The molecule has 11 heterocycles. The minimum absolute atomic E-state index is 0.214. The molecule has 292 valence electrons. The van der Waals surface area contributed by atoms with Crippen molar-refractivity contribution >= 4 is 18.1 Å². The fraction of sp³-hybridized carbons (Fsp3) is 0.533. The maximum atomic E-state index is 5.16. The molecular formula is C45H54BN11. The number of rotatable bonds is 3. The maximum absolute atomic E-state index is 5.16. The monoisotopic (exact) mass is 759 g/mol. The molecule has 12 heteroatoms. The number of piperidine rings is 2. The SMILES string of the molecule is c1ccc(N2C3=C(C4NCCNC42)C2NCCC4B5C6CCNC7C8=C(N(c9ccccc9)C9NCCNC89)N(C8CC(c9ccccn9)CC(C58)N3C42)C67)cc1. The van der Waals surface area contributed by atoms with Crippen LogP contribution in [-0.4, -0.2) is 121 Å². The summed E-state index contributed by atoms with van der Waals surface area (Å²) < 4.78 is 0. The highest BCUT2D eigenvalue weighted by molar-refractivity contribution is 6.65. The Balaban J connectivity index is 0.975. The van der Waals surface area contributed by atoms with Gasteiger partial charge in [0.2, 0.25) is 0 Å². The molecule has 11 aliphatic rings. The molecule has 2 aromatic carbocycles. The zero-order valence-electron chi connectivity index (χ0n) is 32.6. The Bertz CT molecular complexity index is 2010. The van der Waals surface area contributed by atoms with Crippen molar-refractivity contribution in [1.82, 2.24) is 46.7 Å². The van der Waals surface area contributed by atoms with E-state index in [1.165, 1.54) is 41.6 Å². The topological polar surface area (TPSA) is 98.0 Å². The molecule has 11 nitrogen and oxygen atoms in total. The predicted molar refractivity (Wildman–Crippen MR) is 224 cm³/mol. The molecule has 0 spiro atoms. The summed E-state index contributed by atoms with van der Waals surface area (Å²) in [5.74, 6) is 5.31. The zero-order chi connectivity index (χ0) is 36.9. The van der Waals surface area contributed by atoms with Crippen molar-refractivity contribution in [3.05, 3.63) is 114 Å². The summed E-state index contributed by atoms with van der Waals surface area (Å²) in [5, 5.41) is 24.7. The smallest absolute Gasteiger partial charge is 0.159 e. The van der Waals surface area contributed by atoms with Crippen LogP contribution in [0.1, 0.15) is 37.3 Å². The van der Waals surface area contributed by atoms with Gasteiger partial charge in [0.1, 0.15) is 24.0 Å². The van der Waals surface area contributed by atoms with E-state index in [1.54, 1.807) is 11.1 Å². The number of benzene rings is 2. The summed E-state index contributed by atoms with van der Waals surface area (Å²) in [5.41, 5.74) is 7.16. The lowest BCUT2D eigenvalue weighted by Crippen LogP contribution is -2.76. The molecule has 1 saturated carbocycles. The van der Waals surface area contributed by atoms with Crippen LogP contribution >= 0.6 is 0 Å². The van der Waals surface area contributed by atoms with Crippen LogP contribution < -0.4 is 41.7 Å². The van der Waals surface area contributed by atoms with Gasteiger partial charge in [0.05, 0.1) is 24.2 Å². The summed E-state index contributed by atoms with van der Waals surface area (Å²) >= 11 is 0. The van der Waals surface area contributed by atoms with E-state index in [4.69, 9.17) is 4.98 Å².